The van der Waals surface area contributed by atoms with Gasteiger partial charge >= 0.3 is 0 Å². The van der Waals surface area contributed by atoms with E-state index in [1.165, 1.54) is 5.56 Å². The predicted octanol–water partition coefficient (Wildman–Crippen LogP) is 3.02. The maximum Gasteiger partial charge on any atom is 0.284 e. The van der Waals surface area contributed by atoms with Gasteiger partial charge in [-0.05, 0) is 24.1 Å². The Morgan fingerprint density at radius 1 is 1.27 bits per heavy atom. The topological polar surface area (TPSA) is 75.7 Å². The molecular weight excluding hydrogens is 330 g/mol. The number of para-hydroxylation sites is 3. The average molecular weight is 349 g/mol. The second kappa shape index (κ2) is 6.92. The molecule has 6 heteroatoms. The number of fused-ring (bicyclic) bond motifs is 2. The van der Waals surface area contributed by atoms with E-state index in [0.717, 1.165) is 22.9 Å². The zero-order valence-corrected chi connectivity index (χ0v) is 14.4. The lowest BCUT2D eigenvalue weighted by Gasteiger charge is -2.24. The molecule has 2 N–H and O–H groups in total. The third-order valence-corrected chi connectivity index (χ3v) is 4.39. The lowest BCUT2D eigenvalue weighted by molar-refractivity contribution is -0.130. The van der Waals surface area contributed by atoms with Crippen molar-refractivity contribution in [2.45, 2.75) is 19.4 Å². The molecule has 26 heavy (non-hydrogen) atoms. The molecule has 0 aliphatic carbocycles. The van der Waals surface area contributed by atoms with E-state index in [1.54, 1.807) is 12.3 Å². The molecule has 1 unspecified atom stereocenters. The van der Waals surface area contributed by atoms with Gasteiger partial charge in [-0.2, -0.15) is 5.10 Å². The molecule has 0 spiro atoms. The van der Waals surface area contributed by atoms with Gasteiger partial charge in [0.05, 0.1) is 6.21 Å². The fourth-order valence-electron chi connectivity index (χ4n) is 3.03. The maximum atomic E-state index is 12.3. The molecule has 3 aromatic rings. The largest absolute Gasteiger partial charge is 0.485 e. The predicted molar refractivity (Wildman–Crippen MR) is 99.8 cm³/mol. The summed E-state index contributed by atoms with van der Waals surface area (Å²) in [6, 6.07) is 13.4. The van der Waals surface area contributed by atoms with E-state index in [9.17, 15) is 4.79 Å². The van der Waals surface area contributed by atoms with E-state index in [4.69, 9.17) is 9.47 Å². The van der Waals surface area contributed by atoms with E-state index in [0.29, 0.717) is 11.5 Å². The highest BCUT2D eigenvalue weighted by Gasteiger charge is 2.26. The zero-order valence-electron chi connectivity index (χ0n) is 14.4. The van der Waals surface area contributed by atoms with Crippen molar-refractivity contribution in [1.29, 1.82) is 0 Å². The Bertz CT molecular complexity index is 977. The van der Waals surface area contributed by atoms with Gasteiger partial charge in [-0.25, -0.2) is 5.43 Å². The third kappa shape index (κ3) is 3.01. The second-order valence-electron chi connectivity index (χ2n) is 6.04. The molecule has 132 valence electrons. The summed E-state index contributed by atoms with van der Waals surface area (Å²) < 4.78 is 11.2. The lowest BCUT2D eigenvalue weighted by Crippen LogP contribution is -2.42. The Morgan fingerprint density at radius 3 is 2.96 bits per heavy atom. The van der Waals surface area contributed by atoms with E-state index in [2.05, 4.69) is 28.5 Å². The van der Waals surface area contributed by atoms with E-state index < -0.39 is 6.10 Å². The van der Waals surface area contributed by atoms with Gasteiger partial charge in [0.25, 0.3) is 5.91 Å². The van der Waals surface area contributed by atoms with Crippen LogP contribution in [0.25, 0.3) is 10.9 Å². The number of aryl methyl sites for hydroxylation is 1. The summed E-state index contributed by atoms with van der Waals surface area (Å²) in [6.45, 7) is 2.28. The summed E-state index contributed by atoms with van der Waals surface area (Å²) in [5, 5.41) is 5.15. The lowest BCUT2D eigenvalue weighted by atomic mass is 10.1. The Balaban J connectivity index is 1.44. The molecule has 2 aromatic carbocycles. The molecule has 1 atom stereocenters. The number of carbonyl (C=O) groups excluding carboxylic acids is 1. The molecule has 0 saturated heterocycles. The number of hydrogen-bond acceptors (Lipinski definition) is 4. The van der Waals surface area contributed by atoms with Gasteiger partial charge in [-0.1, -0.05) is 37.3 Å². The number of ether oxygens (including phenoxy) is 2. The highest BCUT2D eigenvalue weighted by molar-refractivity contribution is 6.00. The van der Waals surface area contributed by atoms with Crippen LogP contribution < -0.4 is 14.9 Å². The van der Waals surface area contributed by atoms with Crippen LogP contribution in [0, 0.1) is 0 Å². The number of nitrogens with one attached hydrogen (secondary N) is 2. The summed E-state index contributed by atoms with van der Waals surface area (Å²) in [7, 11) is 0. The minimum atomic E-state index is -0.725. The minimum absolute atomic E-state index is 0.158. The molecule has 1 aromatic heterocycles. The number of carbonyl (C=O) groups is 1. The monoisotopic (exact) mass is 349 g/mol. The normalized spacial score (nSPS) is 16.1. The number of hydrogen-bond donors (Lipinski definition) is 2. The van der Waals surface area contributed by atoms with Crippen molar-refractivity contribution in [1.82, 2.24) is 10.4 Å². The molecule has 1 amide bonds. The fourth-order valence-corrected chi connectivity index (χ4v) is 3.03. The average Bonchev–Trinajstić information content (AvgIpc) is 3.10. The van der Waals surface area contributed by atoms with Crippen molar-refractivity contribution in [3.05, 3.63) is 59.8 Å². The van der Waals surface area contributed by atoms with Gasteiger partial charge in [0.15, 0.2) is 11.5 Å². The van der Waals surface area contributed by atoms with Gasteiger partial charge in [0.1, 0.15) is 6.61 Å². The van der Waals surface area contributed by atoms with Gasteiger partial charge in [0.2, 0.25) is 6.10 Å². The van der Waals surface area contributed by atoms with Crippen LogP contribution in [0.15, 0.2) is 53.8 Å². The van der Waals surface area contributed by atoms with Crippen molar-refractivity contribution in [3.63, 3.8) is 0 Å². The van der Waals surface area contributed by atoms with Crippen LogP contribution >= 0.6 is 0 Å². The standard InChI is InChI=1S/C20H19N3O3/c1-2-13-6-5-7-15-14(10-21-19(13)15)11-22-23-20(24)18-12-25-16-8-3-4-9-17(16)26-18/h3-11,18,21H,2,12H2,1H3,(H,23,24)/b22-11+. The first kappa shape index (κ1) is 16.2. The molecule has 0 bridgehead atoms. The van der Waals surface area contributed by atoms with Crippen LogP contribution in [0.5, 0.6) is 11.5 Å². The first-order valence-corrected chi connectivity index (χ1v) is 8.56. The van der Waals surface area contributed by atoms with E-state index >= 15 is 0 Å². The van der Waals surface area contributed by atoms with Crippen molar-refractivity contribution in [2.24, 2.45) is 5.10 Å². The van der Waals surface area contributed by atoms with Gasteiger partial charge < -0.3 is 14.5 Å². The van der Waals surface area contributed by atoms with Gasteiger partial charge in [0, 0.05) is 22.7 Å². The number of hydrazone groups is 1. The number of aromatic amines is 1. The summed E-state index contributed by atoms with van der Waals surface area (Å²) in [5.41, 5.74) is 5.79. The van der Waals surface area contributed by atoms with Crippen molar-refractivity contribution >= 4 is 23.0 Å². The molecule has 0 fully saturated rings. The summed E-state index contributed by atoms with van der Waals surface area (Å²) >= 11 is 0. The highest BCUT2D eigenvalue weighted by Crippen LogP contribution is 2.30. The number of amides is 1. The Hall–Kier alpha value is -3.28. The number of aromatic nitrogens is 1. The summed E-state index contributed by atoms with van der Waals surface area (Å²) in [4.78, 5) is 15.5. The van der Waals surface area contributed by atoms with Crippen molar-refractivity contribution in [2.75, 3.05) is 6.61 Å². The van der Waals surface area contributed by atoms with Gasteiger partial charge in [-0.3, -0.25) is 4.79 Å². The maximum absolute atomic E-state index is 12.3. The quantitative estimate of drug-likeness (QED) is 0.561. The van der Waals surface area contributed by atoms with Gasteiger partial charge in [-0.15, -0.1) is 0 Å². The molecule has 0 radical (unpaired) electrons. The van der Waals surface area contributed by atoms with E-state index in [1.807, 2.05) is 36.5 Å². The second-order valence-corrected chi connectivity index (χ2v) is 6.04. The molecule has 0 saturated carbocycles. The first-order chi connectivity index (χ1) is 12.8. The number of benzene rings is 2. The summed E-state index contributed by atoms with van der Waals surface area (Å²) in [5.74, 6) is 0.863. The molecular formula is C20H19N3O3. The summed E-state index contributed by atoms with van der Waals surface area (Å²) in [6.07, 6.45) is 3.74. The Labute approximate surface area is 150 Å². The van der Waals surface area contributed by atoms with Crippen LogP contribution in [-0.2, 0) is 11.2 Å². The number of H-pyrrole nitrogens is 1. The van der Waals surface area contributed by atoms with Crippen molar-refractivity contribution < 1.29 is 14.3 Å². The third-order valence-electron chi connectivity index (χ3n) is 4.39. The highest BCUT2D eigenvalue weighted by atomic mass is 16.6. The van der Waals surface area contributed by atoms with Crippen LogP contribution in [0.3, 0.4) is 0 Å². The SMILES string of the molecule is CCc1cccc2c(/C=N/NC(=O)C3COc4ccccc4O3)c[nH]c12. The Kier molecular flexibility index (Phi) is 4.31. The van der Waals surface area contributed by atoms with Crippen molar-refractivity contribution in [3.8, 4) is 11.5 Å². The van der Waals surface area contributed by atoms with E-state index in [-0.39, 0.29) is 12.5 Å². The first-order valence-electron chi connectivity index (χ1n) is 8.56. The smallest absolute Gasteiger partial charge is 0.284 e. The van der Waals surface area contributed by atoms with Crippen LogP contribution in [0.1, 0.15) is 18.1 Å². The number of rotatable bonds is 4. The van der Waals surface area contributed by atoms with Crippen LogP contribution in [0.2, 0.25) is 0 Å². The van der Waals surface area contributed by atoms with Crippen LogP contribution in [0.4, 0.5) is 0 Å². The molecule has 1 aliphatic heterocycles. The molecule has 4 rings (SSSR count). The minimum Gasteiger partial charge on any atom is -0.485 e. The molecule has 1 aliphatic rings. The fraction of sp³-hybridized carbons (Fsp3) is 0.200. The molecule has 6 nitrogen and oxygen atoms in total. The Morgan fingerprint density at radius 2 is 2.12 bits per heavy atom. The molecule has 2 heterocycles. The zero-order chi connectivity index (χ0) is 17.9. The van der Waals surface area contributed by atoms with Crippen LogP contribution in [-0.4, -0.2) is 29.8 Å². The number of nitrogens with zero attached hydrogens (tertiary/aromatic N) is 1.